The van der Waals surface area contributed by atoms with Crippen LogP contribution >= 0.6 is 0 Å². The van der Waals surface area contributed by atoms with E-state index in [1.54, 1.807) is 6.08 Å². The fraction of sp³-hybridized carbons (Fsp3) is 0.286. The molecule has 1 nitrogen and oxygen atoms in total. The van der Waals surface area contributed by atoms with Gasteiger partial charge in [0.05, 0.1) is 5.92 Å². The highest BCUT2D eigenvalue weighted by atomic mass is 16.1. The predicted octanol–water partition coefficient (Wildman–Crippen LogP) is 0.927. The number of hydrogen-bond acceptors (Lipinski definition) is 1. The Bertz CT molecular complexity index is 200. The van der Waals surface area contributed by atoms with Crippen LogP contribution in [-0.4, -0.2) is 5.78 Å². The van der Waals surface area contributed by atoms with E-state index < -0.39 is 0 Å². The summed E-state index contributed by atoms with van der Waals surface area (Å²) in [5.74, 6) is 0.887. The van der Waals surface area contributed by atoms with Crippen LogP contribution in [0.5, 0.6) is 0 Å². The molecule has 0 spiro atoms. The third-order valence-corrected chi connectivity index (χ3v) is 1.85. The van der Waals surface area contributed by atoms with Gasteiger partial charge in [-0.25, -0.2) is 0 Å². The largest absolute Gasteiger partial charge is 0.294 e. The van der Waals surface area contributed by atoms with E-state index in [1.807, 2.05) is 6.08 Å². The summed E-state index contributed by atoms with van der Waals surface area (Å²) in [5, 5.41) is 0. The van der Waals surface area contributed by atoms with Gasteiger partial charge in [-0.2, -0.15) is 0 Å². The Hall–Kier alpha value is -0.850. The molecule has 2 aliphatic carbocycles. The van der Waals surface area contributed by atoms with Crippen LogP contribution in [-0.2, 0) is 4.79 Å². The second-order valence-electron chi connectivity index (χ2n) is 2.34. The molecule has 8 heavy (non-hydrogen) atoms. The molecule has 0 aromatic rings. The van der Waals surface area contributed by atoms with Gasteiger partial charge in [0.25, 0.3) is 0 Å². The van der Waals surface area contributed by atoms with Crippen molar-refractivity contribution in [1.29, 1.82) is 0 Å². The van der Waals surface area contributed by atoms with Crippen LogP contribution in [0.4, 0.5) is 0 Å². The Balaban J connectivity index is 2.42. The lowest BCUT2D eigenvalue weighted by Crippen LogP contribution is -1.89. The van der Waals surface area contributed by atoms with Gasteiger partial charge in [0.15, 0.2) is 5.78 Å². The average molecular weight is 106 g/mol. The summed E-state index contributed by atoms with van der Waals surface area (Å²) in [4.78, 5) is 10.7. The predicted molar refractivity (Wildman–Crippen MR) is 30.3 cm³/mol. The molecule has 0 unspecified atom stereocenters. The van der Waals surface area contributed by atoms with Crippen LogP contribution in [0.2, 0.25) is 0 Å². The van der Waals surface area contributed by atoms with E-state index in [9.17, 15) is 4.79 Å². The smallest absolute Gasteiger partial charge is 0.163 e. The highest BCUT2D eigenvalue weighted by molar-refractivity contribution is 6.01. The summed E-state index contributed by atoms with van der Waals surface area (Å²) >= 11 is 0. The topological polar surface area (TPSA) is 17.1 Å². The van der Waals surface area contributed by atoms with Crippen LogP contribution in [0.25, 0.3) is 0 Å². The molecule has 0 aromatic heterocycles. The summed E-state index contributed by atoms with van der Waals surface area (Å²) in [6.45, 7) is 3.73. The van der Waals surface area contributed by atoms with Gasteiger partial charge in [-0.15, -0.1) is 0 Å². The molecule has 1 saturated carbocycles. The molecular weight excluding hydrogens is 100 g/mol. The molecule has 0 radical (unpaired) electrons. The average Bonchev–Trinajstić information content (AvgIpc) is 2.13. The van der Waals surface area contributed by atoms with Crippen LogP contribution in [0, 0.1) is 11.8 Å². The van der Waals surface area contributed by atoms with E-state index in [1.165, 1.54) is 0 Å². The molecule has 0 amide bonds. The highest BCUT2D eigenvalue weighted by Gasteiger charge is 2.48. The maximum atomic E-state index is 10.7. The van der Waals surface area contributed by atoms with Gasteiger partial charge in [0.2, 0.25) is 0 Å². The lowest BCUT2D eigenvalue weighted by Gasteiger charge is -1.77. The van der Waals surface area contributed by atoms with E-state index in [2.05, 4.69) is 6.58 Å². The molecule has 0 aliphatic heterocycles. The molecule has 2 aliphatic rings. The third-order valence-electron chi connectivity index (χ3n) is 1.85. The Morgan fingerprint density at radius 3 is 2.62 bits per heavy atom. The normalized spacial score (nSPS) is 40.5. The number of allylic oxidation sites excluding steroid dienone is 3. The fourth-order valence-electron chi connectivity index (χ4n) is 1.23. The zero-order valence-corrected chi connectivity index (χ0v) is 4.42. The molecule has 40 valence electrons. The van der Waals surface area contributed by atoms with Crippen molar-refractivity contribution in [2.45, 2.75) is 0 Å². The van der Waals surface area contributed by atoms with E-state index in [0.717, 1.165) is 5.57 Å². The minimum absolute atomic E-state index is 0.204. The Kier molecular flexibility index (Phi) is 0.480. The fourth-order valence-corrected chi connectivity index (χ4v) is 1.23. The number of rotatable bonds is 0. The lowest BCUT2D eigenvalue weighted by molar-refractivity contribution is -0.115. The van der Waals surface area contributed by atoms with Crippen molar-refractivity contribution in [3.05, 3.63) is 24.3 Å². The van der Waals surface area contributed by atoms with Gasteiger partial charge in [-0.1, -0.05) is 18.2 Å². The molecule has 0 N–H and O–H groups in total. The van der Waals surface area contributed by atoms with Crippen molar-refractivity contribution in [1.82, 2.24) is 0 Å². The van der Waals surface area contributed by atoms with Crippen molar-refractivity contribution in [2.24, 2.45) is 11.8 Å². The maximum absolute atomic E-state index is 10.7. The standard InChI is InChI=1S/C7H6O/c1-4-5-2-3-6(8)7(4)5/h2-3,5,7H,1H2/t5-,7+/m1/s1. The Morgan fingerprint density at radius 2 is 2.38 bits per heavy atom. The van der Waals surface area contributed by atoms with Crippen molar-refractivity contribution in [3.8, 4) is 0 Å². The summed E-state index contributed by atoms with van der Waals surface area (Å²) < 4.78 is 0. The third kappa shape index (κ3) is 0.269. The van der Waals surface area contributed by atoms with E-state index in [0.29, 0.717) is 5.92 Å². The summed E-state index contributed by atoms with van der Waals surface area (Å²) in [7, 11) is 0. The van der Waals surface area contributed by atoms with Gasteiger partial charge in [-0.3, -0.25) is 4.79 Å². The quantitative estimate of drug-likeness (QED) is 0.420. The molecule has 2 rings (SSSR count). The first-order valence-corrected chi connectivity index (χ1v) is 2.71. The first-order valence-electron chi connectivity index (χ1n) is 2.71. The number of carbonyl (C=O) groups excluding carboxylic acids is 1. The number of carbonyl (C=O) groups is 1. The summed E-state index contributed by atoms with van der Waals surface area (Å²) in [5.41, 5.74) is 1.11. The molecule has 0 aromatic carbocycles. The van der Waals surface area contributed by atoms with Crippen LogP contribution < -0.4 is 0 Å². The molecule has 0 heterocycles. The number of fused-ring (bicyclic) bond motifs is 1. The maximum Gasteiger partial charge on any atom is 0.163 e. The molecule has 0 bridgehead atoms. The number of hydrogen-bond donors (Lipinski definition) is 0. The Morgan fingerprint density at radius 1 is 1.62 bits per heavy atom. The molecule has 2 atom stereocenters. The lowest BCUT2D eigenvalue weighted by atomic mass is 10.3. The van der Waals surface area contributed by atoms with Crippen molar-refractivity contribution in [2.75, 3.05) is 0 Å². The SMILES string of the molecule is C=C1[C@@H]2C(=O)C=C[C@H]12. The molecule has 1 heteroatoms. The van der Waals surface area contributed by atoms with Crippen molar-refractivity contribution < 1.29 is 4.79 Å². The first kappa shape index (κ1) is 4.07. The minimum atomic E-state index is 0.204. The van der Waals surface area contributed by atoms with Gasteiger partial charge in [-0.05, 0) is 6.08 Å². The summed E-state index contributed by atoms with van der Waals surface area (Å²) in [6.07, 6.45) is 3.60. The Labute approximate surface area is 47.7 Å². The summed E-state index contributed by atoms with van der Waals surface area (Å²) in [6, 6.07) is 0. The van der Waals surface area contributed by atoms with E-state index in [-0.39, 0.29) is 11.7 Å². The first-order chi connectivity index (χ1) is 3.80. The minimum Gasteiger partial charge on any atom is -0.294 e. The molecular formula is C7H6O. The zero-order chi connectivity index (χ0) is 5.72. The van der Waals surface area contributed by atoms with Gasteiger partial charge in [0, 0.05) is 5.92 Å². The molecule has 1 fully saturated rings. The second kappa shape index (κ2) is 0.943. The van der Waals surface area contributed by atoms with Crippen LogP contribution in [0.15, 0.2) is 24.3 Å². The zero-order valence-electron chi connectivity index (χ0n) is 4.42. The van der Waals surface area contributed by atoms with Gasteiger partial charge in [0.1, 0.15) is 0 Å². The van der Waals surface area contributed by atoms with Crippen LogP contribution in [0.1, 0.15) is 0 Å². The van der Waals surface area contributed by atoms with Crippen molar-refractivity contribution >= 4 is 5.78 Å². The molecule has 0 saturated heterocycles. The highest BCUT2D eigenvalue weighted by Crippen LogP contribution is 2.49. The van der Waals surface area contributed by atoms with Crippen LogP contribution in [0.3, 0.4) is 0 Å². The van der Waals surface area contributed by atoms with E-state index >= 15 is 0 Å². The van der Waals surface area contributed by atoms with Crippen molar-refractivity contribution in [3.63, 3.8) is 0 Å². The van der Waals surface area contributed by atoms with Gasteiger partial charge < -0.3 is 0 Å². The van der Waals surface area contributed by atoms with Gasteiger partial charge >= 0.3 is 0 Å². The monoisotopic (exact) mass is 106 g/mol. The van der Waals surface area contributed by atoms with E-state index in [4.69, 9.17) is 0 Å². The number of ketones is 1. The second-order valence-corrected chi connectivity index (χ2v) is 2.34.